The van der Waals surface area contributed by atoms with E-state index in [1.54, 1.807) is 11.3 Å². The lowest BCUT2D eigenvalue weighted by Gasteiger charge is -2.26. The number of aliphatic hydroxyl groups excluding tert-OH is 1. The Labute approximate surface area is 164 Å². The molecule has 2 heterocycles. The first kappa shape index (κ1) is 19.9. The number of amides is 1. The van der Waals surface area contributed by atoms with Gasteiger partial charge in [-0.25, -0.2) is 4.98 Å². The van der Waals surface area contributed by atoms with Crippen molar-refractivity contribution in [3.8, 4) is 10.6 Å². The summed E-state index contributed by atoms with van der Waals surface area (Å²) in [5.74, 6) is -0.103. The van der Waals surface area contributed by atoms with Crippen molar-refractivity contribution in [3.05, 3.63) is 40.9 Å². The van der Waals surface area contributed by atoms with Crippen LogP contribution in [0.2, 0.25) is 0 Å². The minimum atomic E-state index is -0.186. The third-order valence-electron chi connectivity index (χ3n) is 4.68. The second-order valence-electron chi connectivity index (χ2n) is 6.76. The maximum absolute atomic E-state index is 12.0. The topological polar surface area (TPSA) is 74.7 Å². The summed E-state index contributed by atoms with van der Waals surface area (Å²) in [7, 11) is 0. The van der Waals surface area contributed by atoms with Gasteiger partial charge in [0, 0.05) is 30.6 Å². The molecule has 1 atom stereocenters. The molecule has 2 N–H and O–H groups in total. The van der Waals surface area contributed by atoms with Gasteiger partial charge in [-0.05, 0) is 12.0 Å². The summed E-state index contributed by atoms with van der Waals surface area (Å²) in [5.41, 5.74) is 3.11. The van der Waals surface area contributed by atoms with E-state index in [1.807, 2.05) is 12.3 Å². The number of rotatable bonds is 8. The minimum absolute atomic E-state index is 0.0403. The number of aliphatic hydroxyl groups is 1. The Kier molecular flexibility index (Phi) is 7.34. The van der Waals surface area contributed by atoms with Gasteiger partial charge in [-0.3, -0.25) is 9.69 Å². The van der Waals surface area contributed by atoms with Gasteiger partial charge in [0.05, 0.1) is 38.0 Å². The van der Waals surface area contributed by atoms with Crippen molar-refractivity contribution in [1.29, 1.82) is 0 Å². The summed E-state index contributed by atoms with van der Waals surface area (Å²) in [6.45, 7) is 6.42. The quantitative estimate of drug-likeness (QED) is 0.723. The first-order valence-electron chi connectivity index (χ1n) is 9.42. The van der Waals surface area contributed by atoms with E-state index in [-0.39, 0.29) is 25.0 Å². The lowest BCUT2D eigenvalue weighted by Crippen LogP contribution is -2.37. The van der Waals surface area contributed by atoms with E-state index in [0.29, 0.717) is 6.42 Å². The highest BCUT2D eigenvalue weighted by atomic mass is 32.1. The molecule has 2 aromatic rings. The summed E-state index contributed by atoms with van der Waals surface area (Å²) in [5, 5.41) is 14.9. The molecule has 6 nitrogen and oxygen atoms in total. The number of aromatic nitrogens is 1. The van der Waals surface area contributed by atoms with Gasteiger partial charge < -0.3 is 15.2 Å². The molecule has 1 amide bonds. The Balaban J connectivity index is 1.56. The number of hydrogen-bond donors (Lipinski definition) is 2. The fourth-order valence-electron chi connectivity index (χ4n) is 3.01. The van der Waals surface area contributed by atoms with E-state index in [1.165, 1.54) is 5.56 Å². The molecule has 0 radical (unpaired) electrons. The monoisotopic (exact) mass is 389 g/mol. The van der Waals surface area contributed by atoms with Crippen LogP contribution < -0.4 is 5.32 Å². The van der Waals surface area contributed by atoms with Crippen LogP contribution in [0, 0.1) is 0 Å². The van der Waals surface area contributed by atoms with Crippen molar-refractivity contribution < 1.29 is 14.6 Å². The highest BCUT2D eigenvalue weighted by Gasteiger charge is 2.13. The van der Waals surface area contributed by atoms with Crippen LogP contribution in [0.4, 0.5) is 0 Å². The van der Waals surface area contributed by atoms with E-state index in [9.17, 15) is 9.90 Å². The molecule has 0 aliphatic carbocycles. The number of carbonyl (C=O) groups is 1. The van der Waals surface area contributed by atoms with Crippen LogP contribution in [0.1, 0.15) is 24.6 Å². The number of carbonyl (C=O) groups excluding carboxylic acids is 1. The zero-order valence-electron chi connectivity index (χ0n) is 15.7. The van der Waals surface area contributed by atoms with Crippen molar-refractivity contribution in [2.75, 3.05) is 32.9 Å². The molecule has 1 aliphatic heterocycles. The second kappa shape index (κ2) is 9.94. The van der Waals surface area contributed by atoms with Gasteiger partial charge >= 0.3 is 0 Å². The van der Waals surface area contributed by atoms with E-state index in [0.717, 1.165) is 49.1 Å². The summed E-state index contributed by atoms with van der Waals surface area (Å²) < 4.78 is 5.39. The number of morpholine rings is 1. The number of nitrogens with zero attached hydrogens (tertiary/aromatic N) is 2. The Morgan fingerprint density at radius 1 is 1.33 bits per heavy atom. The third kappa shape index (κ3) is 5.84. The van der Waals surface area contributed by atoms with Crippen molar-refractivity contribution in [3.63, 3.8) is 0 Å². The van der Waals surface area contributed by atoms with Gasteiger partial charge in [-0.15, -0.1) is 11.3 Å². The van der Waals surface area contributed by atoms with Gasteiger partial charge in [0.25, 0.3) is 0 Å². The van der Waals surface area contributed by atoms with Gasteiger partial charge in [-0.1, -0.05) is 31.2 Å². The van der Waals surface area contributed by atoms with Gasteiger partial charge in [0.15, 0.2) is 0 Å². The second-order valence-corrected chi connectivity index (χ2v) is 7.62. The molecule has 146 valence electrons. The first-order chi connectivity index (χ1) is 13.2. The molecule has 1 saturated heterocycles. The molecule has 3 rings (SSSR count). The summed E-state index contributed by atoms with van der Waals surface area (Å²) in [6.07, 6.45) is 0.948. The molecule has 1 aliphatic rings. The van der Waals surface area contributed by atoms with Crippen molar-refractivity contribution >= 4 is 17.2 Å². The standard InChI is InChI=1S/C20H27N3O3S/c1-2-17(13-24)21-19(25)11-18-14-27-20(22-18)16-5-3-15(4-6-16)12-23-7-9-26-10-8-23/h3-6,14,17,24H,2,7-13H2,1H3,(H,21,25). The van der Waals surface area contributed by atoms with Crippen LogP contribution in [-0.4, -0.2) is 59.8 Å². The zero-order valence-corrected chi connectivity index (χ0v) is 16.5. The molecule has 1 aromatic carbocycles. The van der Waals surface area contributed by atoms with E-state index >= 15 is 0 Å². The lowest BCUT2D eigenvalue weighted by atomic mass is 10.1. The van der Waals surface area contributed by atoms with Gasteiger partial charge in [0.2, 0.25) is 5.91 Å². The predicted molar refractivity (Wildman–Crippen MR) is 107 cm³/mol. The van der Waals surface area contributed by atoms with E-state index < -0.39 is 0 Å². The normalized spacial score (nSPS) is 16.2. The predicted octanol–water partition coefficient (Wildman–Crippen LogP) is 2.07. The Morgan fingerprint density at radius 3 is 2.74 bits per heavy atom. The molecule has 1 fully saturated rings. The van der Waals surface area contributed by atoms with Crippen molar-refractivity contribution in [1.82, 2.24) is 15.2 Å². The summed E-state index contributed by atoms with van der Waals surface area (Å²) in [4.78, 5) is 19.0. The Hall–Kier alpha value is -1.80. The fourth-order valence-corrected chi connectivity index (χ4v) is 3.84. The van der Waals surface area contributed by atoms with Crippen LogP contribution in [0.5, 0.6) is 0 Å². The van der Waals surface area contributed by atoms with Crippen LogP contribution in [0.25, 0.3) is 10.6 Å². The zero-order chi connectivity index (χ0) is 19.1. The maximum Gasteiger partial charge on any atom is 0.226 e. The Morgan fingerprint density at radius 2 is 2.07 bits per heavy atom. The van der Waals surface area contributed by atoms with Crippen LogP contribution >= 0.6 is 11.3 Å². The molecule has 1 aromatic heterocycles. The molecular formula is C20H27N3O3S. The number of benzene rings is 1. The van der Waals surface area contributed by atoms with Gasteiger partial charge in [0.1, 0.15) is 5.01 Å². The largest absolute Gasteiger partial charge is 0.394 e. The Bertz CT molecular complexity index is 722. The first-order valence-corrected chi connectivity index (χ1v) is 10.3. The summed E-state index contributed by atoms with van der Waals surface area (Å²) in [6, 6.07) is 8.29. The molecular weight excluding hydrogens is 362 g/mol. The van der Waals surface area contributed by atoms with Crippen molar-refractivity contribution in [2.24, 2.45) is 0 Å². The maximum atomic E-state index is 12.0. The lowest BCUT2D eigenvalue weighted by molar-refractivity contribution is -0.121. The third-order valence-corrected chi connectivity index (χ3v) is 5.62. The molecule has 0 saturated carbocycles. The molecule has 0 bridgehead atoms. The van der Waals surface area contributed by atoms with E-state index in [4.69, 9.17) is 4.74 Å². The smallest absolute Gasteiger partial charge is 0.226 e. The number of hydrogen-bond acceptors (Lipinski definition) is 6. The highest BCUT2D eigenvalue weighted by Crippen LogP contribution is 2.24. The minimum Gasteiger partial charge on any atom is -0.394 e. The molecule has 1 unspecified atom stereocenters. The van der Waals surface area contributed by atoms with E-state index in [2.05, 4.69) is 39.5 Å². The molecule has 0 spiro atoms. The SMILES string of the molecule is CCC(CO)NC(=O)Cc1csc(-c2ccc(CN3CCOCC3)cc2)n1. The molecule has 27 heavy (non-hydrogen) atoms. The average molecular weight is 390 g/mol. The van der Waals surface area contributed by atoms with Crippen molar-refractivity contribution in [2.45, 2.75) is 32.4 Å². The fraction of sp³-hybridized carbons (Fsp3) is 0.500. The average Bonchev–Trinajstić information content (AvgIpc) is 3.16. The highest BCUT2D eigenvalue weighted by molar-refractivity contribution is 7.13. The molecule has 7 heteroatoms. The number of thiazole rings is 1. The van der Waals surface area contributed by atoms with Gasteiger partial charge in [-0.2, -0.15) is 0 Å². The van der Waals surface area contributed by atoms with Crippen LogP contribution in [0.3, 0.4) is 0 Å². The number of ether oxygens (including phenoxy) is 1. The van der Waals surface area contributed by atoms with Crippen LogP contribution in [0.15, 0.2) is 29.6 Å². The summed E-state index contributed by atoms with van der Waals surface area (Å²) >= 11 is 1.55. The number of nitrogens with one attached hydrogen (secondary N) is 1. The van der Waals surface area contributed by atoms with Crippen LogP contribution in [-0.2, 0) is 22.5 Å².